The second kappa shape index (κ2) is 7.03. The van der Waals surface area contributed by atoms with Crippen molar-refractivity contribution in [2.45, 2.75) is 6.92 Å². The number of benzene rings is 2. The molecule has 128 valence electrons. The van der Waals surface area contributed by atoms with Crippen LogP contribution in [0, 0.1) is 11.6 Å². The smallest absolute Gasteiger partial charge is 0.358 e. The lowest BCUT2D eigenvalue weighted by Gasteiger charge is -2.08. The third kappa shape index (κ3) is 3.53. The fraction of sp³-hybridized carbons (Fsp3) is 0.111. The van der Waals surface area contributed by atoms with E-state index in [0.717, 1.165) is 12.1 Å². The molecule has 25 heavy (non-hydrogen) atoms. The fourth-order valence-electron chi connectivity index (χ4n) is 2.35. The summed E-state index contributed by atoms with van der Waals surface area (Å²) in [6.45, 7) is 1.88. The third-order valence-electron chi connectivity index (χ3n) is 3.46. The molecule has 0 unspecified atom stereocenters. The lowest BCUT2D eigenvalue weighted by molar-refractivity contribution is 0.0519. The lowest BCUT2D eigenvalue weighted by atomic mass is 10.1. The molecule has 3 rings (SSSR count). The predicted molar refractivity (Wildman–Crippen MR) is 89.9 cm³/mol. The van der Waals surface area contributed by atoms with Gasteiger partial charge < -0.3 is 4.74 Å². The van der Waals surface area contributed by atoms with Gasteiger partial charge in [0.15, 0.2) is 17.3 Å². The highest BCUT2D eigenvalue weighted by molar-refractivity contribution is 6.30. The number of ether oxygens (including phenoxy) is 1. The Hall–Kier alpha value is -2.73. The molecule has 0 saturated carbocycles. The molecule has 0 fully saturated rings. The molecule has 0 radical (unpaired) electrons. The number of hydrogen-bond donors (Lipinski definition) is 0. The molecule has 7 heteroatoms. The van der Waals surface area contributed by atoms with E-state index in [1.54, 1.807) is 31.2 Å². The Kier molecular flexibility index (Phi) is 4.81. The van der Waals surface area contributed by atoms with Crippen molar-refractivity contribution < 1.29 is 18.3 Å². The first-order valence-corrected chi connectivity index (χ1v) is 7.86. The summed E-state index contributed by atoms with van der Waals surface area (Å²) in [7, 11) is 0. The van der Waals surface area contributed by atoms with E-state index in [9.17, 15) is 13.6 Å². The zero-order valence-corrected chi connectivity index (χ0v) is 13.9. The van der Waals surface area contributed by atoms with Gasteiger partial charge in [-0.15, -0.1) is 0 Å². The van der Waals surface area contributed by atoms with Gasteiger partial charge in [-0.25, -0.2) is 18.3 Å². The molecule has 4 nitrogen and oxygen atoms in total. The summed E-state index contributed by atoms with van der Waals surface area (Å²) in [5, 5.41) is 4.71. The molecule has 0 spiro atoms. The van der Waals surface area contributed by atoms with Crippen molar-refractivity contribution in [1.29, 1.82) is 0 Å². The summed E-state index contributed by atoms with van der Waals surface area (Å²) in [6.07, 6.45) is 0. The Bertz CT molecular complexity index is 941. The number of rotatable bonds is 4. The van der Waals surface area contributed by atoms with E-state index >= 15 is 0 Å². The summed E-state index contributed by atoms with van der Waals surface area (Å²) in [6, 6.07) is 11.7. The van der Waals surface area contributed by atoms with Gasteiger partial charge in [-0.1, -0.05) is 17.7 Å². The van der Waals surface area contributed by atoms with Gasteiger partial charge in [0.1, 0.15) is 0 Å². The minimum atomic E-state index is -0.992. The second-order valence-corrected chi connectivity index (χ2v) is 5.59. The van der Waals surface area contributed by atoms with E-state index < -0.39 is 17.6 Å². The average molecular weight is 363 g/mol. The van der Waals surface area contributed by atoms with Gasteiger partial charge in [0.05, 0.1) is 18.0 Å². The van der Waals surface area contributed by atoms with Crippen LogP contribution < -0.4 is 0 Å². The Morgan fingerprint density at radius 1 is 1.16 bits per heavy atom. The van der Waals surface area contributed by atoms with Gasteiger partial charge in [-0.3, -0.25) is 0 Å². The molecule has 0 aliphatic rings. The maximum atomic E-state index is 13.6. The molecule has 0 amide bonds. The molecule has 1 aromatic heterocycles. The Balaban J connectivity index is 2.17. The van der Waals surface area contributed by atoms with Crippen molar-refractivity contribution in [3.8, 4) is 16.9 Å². The molecular weight excluding hydrogens is 350 g/mol. The van der Waals surface area contributed by atoms with Crippen molar-refractivity contribution in [2.75, 3.05) is 6.61 Å². The van der Waals surface area contributed by atoms with Crippen LogP contribution >= 0.6 is 11.6 Å². The molecule has 2 aromatic carbocycles. The molecule has 1 heterocycles. The number of esters is 1. The summed E-state index contributed by atoms with van der Waals surface area (Å²) < 4.78 is 33.3. The average Bonchev–Trinajstić information content (AvgIpc) is 3.03. The molecular formula is C18H13ClF2N2O2. The van der Waals surface area contributed by atoms with Crippen molar-refractivity contribution >= 4 is 17.6 Å². The number of carbonyl (C=O) groups excluding carboxylic acids is 1. The Morgan fingerprint density at radius 2 is 1.96 bits per heavy atom. The normalized spacial score (nSPS) is 10.7. The van der Waals surface area contributed by atoms with Crippen molar-refractivity contribution in [3.63, 3.8) is 0 Å². The number of nitrogens with zero attached hydrogens (tertiary/aromatic N) is 2. The first-order valence-electron chi connectivity index (χ1n) is 7.48. The molecule has 0 aliphatic heterocycles. The number of hydrogen-bond acceptors (Lipinski definition) is 3. The first kappa shape index (κ1) is 17.1. The van der Waals surface area contributed by atoms with Crippen LogP contribution in [-0.2, 0) is 4.74 Å². The molecule has 0 bridgehead atoms. The zero-order valence-electron chi connectivity index (χ0n) is 13.2. The van der Waals surface area contributed by atoms with E-state index in [4.69, 9.17) is 16.3 Å². The van der Waals surface area contributed by atoms with Gasteiger partial charge in [0.2, 0.25) is 0 Å². The Labute approximate surface area is 147 Å². The van der Waals surface area contributed by atoms with Crippen LogP contribution in [0.2, 0.25) is 5.02 Å². The minimum Gasteiger partial charge on any atom is -0.461 e. The van der Waals surface area contributed by atoms with Crippen LogP contribution in [0.3, 0.4) is 0 Å². The van der Waals surface area contributed by atoms with E-state index in [2.05, 4.69) is 5.10 Å². The largest absolute Gasteiger partial charge is 0.461 e. The fourth-order valence-corrected chi connectivity index (χ4v) is 2.54. The third-order valence-corrected chi connectivity index (χ3v) is 3.70. The summed E-state index contributed by atoms with van der Waals surface area (Å²) in [4.78, 5) is 12.0. The van der Waals surface area contributed by atoms with E-state index in [1.807, 2.05) is 0 Å². The Morgan fingerprint density at radius 3 is 2.64 bits per heavy atom. The highest BCUT2D eigenvalue weighted by Crippen LogP contribution is 2.27. The van der Waals surface area contributed by atoms with Gasteiger partial charge in [-0.2, -0.15) is 5.10 Å². The highest BCUT2D eigenvalue weighted by atomic mass is 35.5. The van der Waals surface area contributed by atoms with Crippen molar-refractivity contribution in [3.05, 3.63) is 70.9 Å². The number of halogens is 3. The minimum absolute atomic E-state index is 0.0570. The maximum Gasteiger partial charge on any atom is 0.358 e. The topological polar surface area (TPSA) is 44.1 Å². The molecule has 0 saturated heterocycles. The van der Waals surface area contributed by atoms with Gasteiger partial charge in [0.25, 0.3) is 0 Å². The van der Waals surface area contributed by atoms with Crippen LogP contribution in [0.5, 0.6) is 0 Å². The van der Waals surface area contributed by atoms with Gasteiger partial charge in [-0.05, 0) is 49.4 Å². The van der Waals surface area contributed by atoms with Crippen LogP contribution in [0.25, 0.3) is 16.9 Å². The molecule has 0 aliphatic carbocycles. The van der Waals surface area contributed by atoms with Crippen LogP contribution in [0.15, 0.2) is 48.5 Å². The SMILES string of the molecule is CCOC(=O)c1cc(-c2ccc(F)c(F)c2)n(-c2cccc(Cl)c2)n1. The number of carbonyl (C=O) groups is 1. The lowest BCUT2D eigenvalue weighted by Crippen LogP contribution is -2.06. The standard InChI is InChI=1S/C18H13ClF2N2O2/c1-2-25-18(24)16-10-17(11-6-7-14(20)15(21)8-11)23(22-16)13-5-3-4-12(19)9-13/h3-10H,2H2,1H3. The maximum absolute atomic E-state index is 13.6. The quantitative estimate of drug-likeness (QED) is 0.635. The van der Waals surface area contributed by atoms with Crippen LogP contribution in [-0.4, -0.2) is 22.4 Å². The zero-order chi connectivity index (χ0) is 18.0. The monoisotopic (exact) mass is 362 g/mol. The van der Waals surface area contributed by atoms with Crippen LogP contribution in [0.1, 0.15) is 17.4 Å². The van der Waals surface area contributed by atoms with Gasteiger partial charge >= 0.3 is 5.97 Å². The highest BCUT2D eigenvalue weighted by Gasteiger charge is 2.18. The van der Waals surface area contributed by atoms with E-state index in [0.29, 0.717) is 22.0 Å². The predicted octanol–water partition coefficient (Wildman–Crippen LogP) is 4.65. The molecule has 3 aromatic rings. The van der Waals surface area contributed by atoms with E-state index in [-0.39, 0.29) is 12.3 Å². The molecule has 0 atom stereocenters. The van der Waals surface area contributed by atoms with Crippen molar-refractivity contribution in [1.82, 2.24) is 9.78 Å². The first-order chi connectivity index (χ1) is 12.0. The summed E-state index contributed by atoms with van der Waals surface area (Å²) in [5.41, 5.74) is 1.40. The van der Waals surface area contributed by atoms with E-state index in [1.165, 1.54) is 16.8 Å². The summed E-state index contributed by atoms with van der Waals surface area (Å²) >= 11 is 6.02. The molecule has 0 N–H and O–H groups in total. The van der Waals surface area contributed by atoms with Crippen LogP contribution in [0.4, 0.5) is 8.78 Å². The van der Waals surface area contributed by atoms with Gasteiger partial charge in [0, 0.05) is 10.6 Å². The second-order valence-electron chi connectivity index (χ2n) is 5.16. The van der Waals surface area contributed by atoms with Crippen molar-refractivity contribution in [2.24, 2.45) is 0 Å². The summed E-state index contributed by atoms with van der Waals surface area (Å²) in [5.74, 6) is -2.55. The number of aromatic nitrogens is 2.